The second-order valence-electron chi connectivity index (χ2n) is 7.62. The lowest BCUT2D eigenvalue weighted by Gasteiger charge is -2.45. The first-order valence-electron chi connectivity index (χ1n) is 9.53. The Labute approximate surface area is 166 Å². The molecule has 3 aliphatic heterocycles. The predicted molar refractivity (Wildman–Crippen MR) is 102 cm³/mol. The Morgan fingerprint density at radius 2 is 1.97 bits per heavy atom. The summed E-state index contributed by atoms with van der Waals surface area (Å²) >= 11 is 0. The van der Waals surface area contributed by atoms with Gasteiger partial charge in [0.05, 0.1) is 17.8 Å². The Kier molecular flexibility index (Phi) is 3.24. The average molecular weight is 390 g/mol. The van der Waals surface area contributed by atoms with Gasteiger partial charge in [-0.2, -0.15) is 5.10 Å². The minimum atomic E-state index is -0.544. The number of pyridine rings is 1. The number of carbonyl (C=O) groups is 2. The van der Waals surface area contributed by atoms with E-state index in [1.54, 1.807) is 11.9 Å². The van der Waals surface area contributed by atoms with Crippen LogP contribution in [0.2, 0.25) is 0 Å². The van der Waals surface area contributed by atoms with E-state index in [-0.39, 0.29) is 25.2 Å². The molecule has 0 spiro atoms. The summed E-state index contributed by atoms with van der Waals surface area (Å²) in [6.07, 6.45) is 2.35. The fourth-order valence-corrected chi connectivity index (χ4v) is 4.64. The third kappa shape index (κ3) is 2.22. The molecule has 2 aromatic heterocycles. The van der Waals surface area contributed by atoms with Crippen molar-refractivity contribution in [1.29, 1.82) is 0 Å². The number of nitrogens with zero attached hydrogens (tertiary/aromatic N) is 4. The van der Waals surface area contributed by atoms with Gasteiger partial charge in [0.1, 0.15) is 12.1 Å². The summed E-state index contributed by atoms with van der Waals surface area (Å²) in [5, 5.41) is 4.80. The fraction of sp³-hybridized carbons (Fsp3) is 0.286. The number of ether oxygens (including phenoxy) is 2. The van der Waals surface area contributed by atoms with Gasteiger partial charge in [0, 0.05) is 25.2 Å². The smallest absolute Gasteiger partial charge is 0.245 e. The number of rotatable bonds is 1. The Morgan fingerprint density at radius 1 is 1.10 bits per heavy atom. The lowest BCUT2D eigenvalue weighted by Crippen LogP contribution is -2.62. The van der Waals surface area contributed by atoms with E-state index >= 15 is 0 Å². The van der Waals surface area contributed by atoms with E-state index < -0.39 is 12.1 Å². The van der Waals surface area contributed by atoms with Crippen LogP contribution < -0.4 is 9.47 Å². The van der Waals surface area contributed by atoms with Gasteiger partial charge in [-0.15, -0.1) is 0 Å². The number of likely N-dealkylation sites (N-methyl/N-ethyl adjacent to an activating group) is 1. The van der Waals surface area contributed by atoms with Crippen LogP contribution in [0.25, 0.3) is 5.52 Å². The summed E-state index contributed by atoms with van der Waals surface area (Å²) in [7, 11) is 1.68. The number of hydrogen-bond donors (Lipinski definition) is 0. The van der Waals surface area contributed by atoms with Crippen molar-refractivity contribution in [3.05, 3.63) is 59.4 Å². The molecule has 2 amide bonds. The zero-order chi connectivity index (χ0) is 19.7. The SMILES string of the molecule is CN1CC(=O)N2[C@H](c3ccc4c(c3)OCO4)c3nn4ccccc4c3C[C@@H]2C1=O. The van der Waals surface area contributed by atoms with Gasteiger partial charge in [-0.05, 0) is 29.8 Å². The molecule has 2 atom stereocenters. The highest BCUT2D eigenvalue weighted by atomic mass is 16.7. The van der Waals surface area contributed by atoms with E-state index in [9.17, 15) is 9.59 Å². The van der Waals surface area contributed by atoms with Gasteiger partial charge >= 0.3 is 0 Å². The zero-order valence-corrected chi connectivity index (χ0v) is 15.7. The molecule has 3 aliphatic rings. The molecule has 5 heterocycles. The molecule has 3 aromatic rings. The molecule has 0 unspecified atom stereocenters. The second-order valence-corrected chi connectivity index (χ2v) is 7.62. The number of fused-ring (bicyclic) bond motifs is 5. The number of piperazine rings is 1. The van der Waals surface area contributed by atoms with Crippen LogP contribution in [0, 0.1) is 0 Å². The van der Waals surface area contributed by atoms with Crippen molar-refractivity contribution in [2.24, 2.45) is 0 Å². The molecule has 8 nitrogen and oxygen atoms in total. The molecule has 0 N–H and O–H groups in total. The summed E-state index contributed by atoms with van der Waals surface area (Å²) in [5.41, 5.74) is 3.62. The molecule has 29 heavy (non-hydrogen) atoms. The molecule has 1 fully saturated rings. The van der Waals surface area contributed by atoms with Gasteiger partial charge in [0.25, 0.3) is 0 Å². The maximum Gasteiger partial charge on any atom is 0.245 e. The highest BCUT2D eigenvalue weighted by molar-refractivity contribution is 5.96. The van der Waals surface area contributed by atoms with Crippen molar-refractivity contribution in [1.82, 2.24) is 19.4 Å². The summed E-state index contributed by atoms with van der Waals surface area (Å²) in [6.45, 7) is 0.247. The van der Waals surface area contributed by atoms with E-state index in [0.717, 1.165) is 22.3 Å². The molecule has 0 saturated carbocycles. The van der Waals surface area contributed by atoms with Crippen LogP contribution in [0.15, 0.2) is 42.6 Å². The molecule has 1 saturated heterocycles. The molecular formula is C21H18N4O4. The van der Waals surface area contributed by atoms with E-state index in [1.807, 2.05) is 47.1 Å². The Bertz CT molecular complexity index is 1190. The highest BCUT2D eigenvalue weighted by Gasteiger charge is 2.48. The van der Waals surface area contributed by atoms with Gasteiger partial charge in [0.2, 0.25) is 18.6 Å². The van der Waals surface area contributed by atoms with Crippen molar-refractivity contribution in [2.75, 3.05) is 20.4 Å². The molecule has 8 heteroatoms. The van der Waals surface area contributed by atoms with Crippen molar-refractivity contribution in [2.45, 2.75) is 18.5 Å². The van der Waals surface area contributed by atoms with E-state index in [0.29, 0.717) is 17.9 Å². The minimum Gasteiger partial charge on any atom is -0.454 e. The molecule has 0 radical (unpaired) electrons. The molecule has 1 aromatic carbocycles. The summed E-state index contributed by atoms with van der Waals surface area (Å²) in [4.78, 5) is 29.3. The van der Waals surface area contributed by atoms with Crippen LogP contribution in [0.1, 0.15) is 22.9 Å². The van der Waals surface area contributed by atoms with Crippen LogP contribution in [-0.2, 0) is 16.0 Å². The van der Waals surface area contributed by atoms with E-state index in [1.165, 1.54) is 4.90 Å². The van der Waals surface area contributed by atoms with Crippen LogP contribution in [-0.4, -0.2) is 57.7 Å². The van der Waals surface area contributed by atoms with Gasteiger partial charge in [-0.1, -0.05) is 12.1 Å². The van der Waals surface area contributed by atoms with Crippen LogP contribution in [0.5, 0.6) is 11.5 Å². The third-order valence-electron chi connectivity index (χ3n) is 5.98. The summed E-state index contributed by atoms with van der Waals surface area (Å²) < 4.78 is 12.8. The van der Waals surface area contributed by atoms with Crippen molar-refractivity contribution < 1.29 is 19.1 Å². The average Bonchev–Trinajstić information content (AvgIpc) is 3.34. The van der Waals surface area contributed by atoms with Crippen LogP contribution in [0.4, 0.5) is 0 Å². The number of carbonyl (C=O) groups excluding carboxylic acids is 2. The summed E-state index contributed by atoms with van der Waals surface area (Å²) in [6, 6.07) is 10.5. The molecule has 0 bridgehead atoms. The molecular weight excluding hydrogens is 372 g/mol. The number of hydrogen-bond acceptors (Lipinski definition) is 5. The maximum atomic E-state index is 13.1. The monoisotopic (exact) mass is 390 g/mol. The Morgan fingerprint density at radius 3 is 2.86 bits per heavy atom. The van der Waals surface area contributed by atoms with Crippen molar-refractivity contribution >= 4 is 17.3 Å². The van der Waals surface area contributed by atoms with Crippen LogP contribution >= 0.6 is 0 Å². The van der Waals surface area contributed by atoms with Gasteiger partial charge in [-0.25, -0.2) is 4.52 Å². The van der Waals surface area contributed by atoms with Crippen molar-refractivity contribution in [3.63, 3.8) is 0 Å². The number of benzene rings is 1. The maximum absolute atomic E-state index is 13.1. The van der Waals surface area contributed by atoms with E-state index in [2.05, 4.69) is 0 Å². The van der Waals surface area contributed by atoms with Gasteiger partial charge in [0.15, 0.2) is 11.5 Å². The standard InChI is InChI=1S/C21H18N4O4/c1-23-10-18(26)25-15(21(23)27)9-13-14-4-2-3-7-24(14)22-19(13)20(25)12-5-6-16-17(8-12)29-11-28-16/h2-8,15,20H,9-11H2,1H3/t15-,20-/m1/s1. The largest absolute Gasteiger partial charge is 0.454 e. The lowest BCUT2D eigenvalue weighted by molar-refractivity contribution is -0.157. The van der Waals surface area contributed by atoms with Gasteiger partial charge < -0.3 is 19.3 Å². The Hall–Kier alpha value is -3.55. The molecule has 146 valence electrons. The highest BCUT2D eigenvalue weighted by Crippen LogP contribution is 2.43. The minimum absolute atomic E-state index is 0.0451. The predicted octanol–water partition coefficient (Wildman–Crippen LogP) is 1.38. The topological polar surface area (TPSA) is 76.4 Å². The van der Waals surface area contributed by atoms with E-state index in [4.69, 9.17) is 14.6 Å². The molecule has 6 rings (SSSR count). The van der Waals surface area contributed by atoms with Gasteiger partial charge in [-0.3, -0.25) is 9.59 Å². The number of aromatic nitrogens is 2. The molecule has 0 aliphatic carbocycles. The first-order valence-corrected chi connectivity index (χ1v) is 9.53. The first kappa shape index (κ1) is 16.4. The quantitative estimate of drug-likeness (QED) is 0.628. The van der Waals surface area contributed by atoms with Crippen LogP contribution in [0.3, 0.4) is 0 Å². The van der Waals surface area contributed by atoms with Crippen molar-refractivity contribution in [3.8, 4) is 11.5 Å². The second kappa shape index (κ2) is 5.73. The normalized spacial score (nSPS) is 22.8. The fourth-order valence-electron chi connectivity index (χ4n) is 4.64. The summed E-state index contributed by atoms with van der Waals surface area (Å²) in [5.74, 6) is 1.19. The lowest BCUT2D eigenvalue weighted by atomic mass is 9.86. The first-order chi connectivity index (χ1) is 14.1. The number of amides is 2. The zero-order valence-electron chi connectivity index (χ0n) is 15.7. The third-order valence-corrected chi connectivity index (χ3v) is 5.98. The Balaban J connectivity index is 1.59.